The first kappa shape index (κ1) is 15.2. The smallest absolute Gasteiger partial charge is 0.339 e. The molecule has 104 valence electrons. The average molecular weight is 267 g/mol. The van der Waals surface area contributed by atoms with Crippen LogP contribution in [0.1, 0.15) is 22.8 Å². The van der Waals surface area contributed by atoms with E-state index in [4.69, 9.17) is 9.47 Å². The van der Waals surface area contributed by atoms with Gasteiger partial charge in [0.2, 0.25) is 0 Å². The van der Waals surface area contributed by atoms with E-state index in [9.17, 15) is 9.18 Å². The van der Waals surface area contributed by atoms with Crippen molar-refractivity contribution < 1.29 is 18.7 Å². The molecule has 0 radical (unpaired) electrons. The Morgan fingerprint density at radius 2 is 2.21 bits per heavy atom. The number of ether oxygens (including phenoxy) is 2. The zero-order valence-corrected chi connectivity index (χ0v) is 11.3. The van der Waals surface area contributed by atoms with Crippen molar-refractivity contribution in [2.24, 2.45) is 0 Å². The van der Waals surface area contributed by atoms with E-state index in [-0.39, 0.29) is 17.2 Å². The molecule has 1 rings (SSSR count). The molecule has 0 heterocycles. The molecular formula is C14H18FNO3. The number of esters is 1. The van der Waals surface area contributed by atoms with Gasteiger partial charge >= 0.3 is 5.97 Å². The first-order valence-corrected chi connectivity index (χ1v) is 5.83. The van der Waals surface area contributed by atoms with Crippen LogP contribution in [0.5, 0.6) is 0 Å². The molecule has 5 heteroatoms. The Morgan fingerprint density at radius 3 is 2.74 bits per heavy atom. The summed E-state index contributed by atoms with van der Waals surface area (Å²) >= 11 is 0. The molecule has 0 amide bonds. The molecule has 0 saturated carbocycles. The predicted molar refractivity (Wildman–Crippen MR) is 72.8 cm³/mol. The minimum atomic E-state index is -0.532. The largest absolute Gasteiger partial charge is 0.465 e. The Kier molecular flexibility index (Phi) is 5.51. The summed E-state index contributed by atoms with van der Waals surface area (Å²) in [7, 11) is 2.85. The summed E-state index contributed by atoms with van der Waals surface area (Å²) in [6.45, 7) is 5.81. The van der Waals surface area contributed by atoms with Crippen LogP contribution < -0.4 is 5.32 Å². The van der Waals surface area contributed by atoms with Gasteiger partial charge in [0.05, 0.1) is 25.0 Å². The van der Waals surface area contributed by atoms with Gasteiger partial charge in [-0.3, -0.25) is 0 Å². The maximum Gasteiger partial charge on any atom is 0.339 e. The molecule has 0 unspecified atom stereocenters. The van der Waals surface area contributed by atoms with Gasteiger partial charge in [0.15, 0.2) is 0 Å². The maximum absolute atomic E-state index is 13.7. The SMILES string of the molecule is C=Cc1cc(C(=O)OC)c(N[C@@H](C)COC)cc1F. The van der Waals surface area contributed by atoms with Gasteiger partial charge in [-0.1, -0.05) is 12.7 Å². The number of rotatable bonds is 6. The number of carbonyl (C=O) groups excluding carboxylic acids is 1. The highest BCUT2D eigenvalue weighted by atomic mass is 19.1. The number of hydrogen-bond acceptors (Lipinski definition) is 4. The van der Waals surface area contributed by atoms with Crippen LogP contribution >= 0.6 is 0 Å². The van der Waals surface area contributed by atoms with Crippen molar-refractivity contribution >= 4 is 17.7 Å². The Labute approximate surface area is 112 Å². The van der Waals surface area contributed by atoms with Crippen LogP contribution in [0, 0.1) is 5.82 Å². The third-order valence-electron chi connectivity index (χ3n) is 2.58. The van der Waals surface area contributed by atoms with E-state index in [0.29, 0.717) is 12.3 Å². The van der Waals surface area contributed by atoms with Crippen LogP contribution in [0.25, 0.3) is 6.08 Å². The predicted octanol–water partition coefficient (Wildman–Crippen LogP) is 2.70. The number of hydrogen-bond donors (Lipinski definition) is 1. The van der Waals surface area contributed by atoms with Crippen LogP contribution in [0.4, 0.5) is 10.1 Å². The van der Waals surface area contributed by atoms with Gasteiger partial charge in [0.1, 0.15) is 5.82 Å². The first-order valence-electron chi connectivity index (χ1n) is 5.83. The van der Waals surface area contributed by atoms with E-state index < -0.39 is 11.8 Å². The van der Waals surface area contributed by atoms with Gasteiger partial charge in [0, 0.05) is 18.7 Å². The molecule has 1 aromatic rings. The lowest BCUT2D eigenvalue weighted by molar-refractivity contribution is 0.0601. The van der Waals surface area contributed by atoms with Crippen molar-refractivity contribution in [1.29, 1.82) is 0 Å². The molecule has 19 heavy (non-hydrogen) atoms. The van der Waals surface area contributed by atoms with Gasteiger partial charge in [0.25, 0.3) is 0 Å². The van der Waals surface area contributed by atoms with Gasteiger partial charge < -0.3 is 14.8 Å². The zero-order valence-electron chi connectivity index (χ0n) is 11.3. The fraction of sp³-hybridized carbons (Fsp3) is 0.357. The number of benzene rings is 1. The Balaban J connectivity index is 3.16. The standard InChI is InChI=1S/C14H18FNO3/c1-5-10-6-11(14(17)19-4)13(7-12(10)15)16-9(2)8-18-3/h5-7,9,16H,1,8H2,2-4H3/t9-/m0/s1. The Morgan fingerprint density at radius 1 is 1.53 bits per heavy atom. The lowest BCUT2D eigenvalue weighted by Gasteiger charge is -2.17. The van der Waals surface area contributed by atoms with Gasteiger partial charge in [-0.2, -0.15) is 0 Å². The second kappa shape index (κ2) is 6.89. The van der Waals surface area contributed by atoms with Crippen LogP contribution in [-0.4, -0.2) is 32.8 Å². The number of carbonyl (C=O) groups is 1. The summed E-state index contributed by atoms with van der Waals surface area (Å²) < 4.78 is 23.4. The summed E-state index contributed by atoms with van der Waals surface area (Å²) in [5.74, 6) is -0.981. The van der Waals surface area contributed by atoms with Gasteiger partial charge in [-0.25, -0.2) is 9.18 Å². The van der Waals surface area contributed by atoms with Crippen molar-refractivity contribution in [3.8, 4) is 0 Å². The molecule has 0 aliphatic heterocycles. The molecule has 0 aliphatic carbocycles. The molecule has 1 N–H and O–H groups in total. The zero-order chi connectivity index (χ0) is 14.4. The topological polar surface area (TPSA) is 47.6 Å². The molecule has 0 aromatic heterocycles. The van der Waals surface area contributed by atoms with E-state index in [0.717, 1.165) is 0 Å². The van der Waals surface area contributed by atoms with Crippen molar-refractivity contribution in [2.75, 3.05) is 26.1 Å². The van der Waals surface area contributed by atoms with E-state index in [1.165, 1.54) is 25.3 Å². The minimum Gasteiger partial charge on any atom is -0.465 e. The number of anilines is 1. The third-order valence-corrected chi connectivity index (χ3v) is 2.58. The lowest BCUT2D eigenvalue weighted by Crippen LogP contribution is -2.22. The number of halogens is 1. The molecule has 0 aliphatic rings. The van der Waals surface area contributed by atoms with E-state index >= 15 is 0 Å². The molecule has 0 saturated heterocycles. The highest BCUT2D eigenvalue weighted by Gasteiger charge is 2.16. The molecule has 0 bridgehead atoms. The molecule has 0 spiro atoms. The summed E-state index contributed by atoms with van der Waals surface area (Å²) in [5, 5.41) is 3.02. The molecule has 4 nitrogen and oxygen atoms in total. The first-order chi connectivity index (χ1) is 9.03. The average Bonchev–Trinajstić information content (AvgIpc) is 2.38. The maximum atomic E-state index is 13.7. The van der Waals surface area contributed by atoms with Crippen molar-refractivity contribution in [3.05, 3.63) is 35.7 Å². The van der Waals surface area contributed by atoms with E-state index in [1.54, 1.807) is 7.11 Å². The van der Waals surface area contributed by atoms with Crippen molar-refractivity contribution in [1.82, 2.24) is 0 Å². The normalized spacial score (nSPS) is 11.8. The van der Waals surface area contributed by atoms with E-state index in [1.807, 2.05) is 6.92 Å². The minimum absolute atomic E-state index is 0.0672. The molecule has 1 atom stereocenters. The lowest BCUT2D eigenvalue weighted by atomic mass is 10.1. The van der Waals surface area contributed by atoms with Crippen LogP contribution in [0.3, 0.4) is 0 Å². The fourth-order valence-corrected chi connectivity index (χ4v) is 1.70. The summed E-state index contributed by atoms with van der Waals surface area (Å²) in [5.41, 5.74) is 0.895. The van der Waals surface area contributed by atoms with Crippen molar-refractivity contribution in [2.45, 2.75) is 13.0 Å². The summed E-state index contributed by atoms with van der Waals surface area (Å²) in [4.78, 5) is 11.7. The van der Waals surface area contributed by atoms with Crippen LogP contribution in [0.2, 0.25) is 0 Å². The molecular weight excluding hydrogens is 249 g/mol. The third kappa shape index (κ3) is 3.79. The molecule has 0 fully saturated rings. The number of methoxy groups -OCH3 is 2. The summed E-state index contributed by atoms with van der Waals surface area (Å²) in [6, 6.07) is 2.60. The van der Waals surface area contributed by atoms with Gasteiger partial charge in [-0.05, 0) is 19.1 Å². The summed E-state index contributed by atoms with van der Waals surface area (Å²) in [6.07, 6.45) is 1.35. The quantitative estimate of drug-likeness (QED) is 0.805. The number of nitrogens with one attached hydrogen (secondary N) is 1. The van der Waals surface area contributed by atoms with Gasteiger partial charge in [-0.15, -0.1) is 0 Å². The second-order valence-corrected chi connectivity index (χ2v) is 4.12. The monoisotopic (exact) mass is 267 g/mol. The van der Waals surface area contributed by atoms with E-state index in [2.05, 4.69) is 11.9 Å². The highest BCUT2D eigenvalue weighted by Crippen LogP contribution is 2.23. The second-order valence-electron chi connectivity index (χ2n) is 4.12. The van der Waals surface area contributed by atoms with Crippen LogP contribution in [-0.2, 0) is 9.47 Å². The fourth-order valence-electron chi connectivity index (χ4n) is 1.70. The Hall–Kier alpha value is -1.88. The van der Waals surface area contributed by atoms with Crippen LogP contribution in [0.15, 0.2) is 18.7 Å². The Bertz CT molecular complexity index is 474. The highest BCUT2D eigenvalue weighted by molar-refractivity contribution is 5.96. The molecule has 1 aromatic carbocycles. The van der Waals surface area contributed by atoms with Crippen molar-refractivity contribution in [3.63, 3.8) is 0 Å².